The molecule has 3 rings (SSSR count). The molecular weight excluding hydrogens is 362 g/mol. The minimum absolute atomic E-state index is 0.143. The van der Waals surface area contributed by atoms with Crippen molar-refractivity contribution in [2.75, 3.05) is 12.0 Å². The van der Waals surface area contributed by atoms with Crippen molar-refractivity contribution in [1.82, 2.24) is 0 Å². The number of aryl methyl sites for hydroxylation is 1. The van der Waals surface area contributed by atoms with E-state index in [0.29, 0.717) is 20.0 Å². The van der Waals surface area contributed by atoms with E-state index in [9.17, 15) is 4.79 Å². The predicted octanol–water partition coefficient (Wildman–Crippen LogP) is 5.06. The number of amides is 1. The van der Waals surface area contributed by atoms with E-state index in [0.717, 1.165) is 16.8 Å². The average Bonchev–Trinajstić information content (AvgIpc) is 2.83. The number of nitrogens with zero attached hydrogens (tertiary/aromatic N) is 1. The zero-order chi connectivity index (χ0) is 17.3. The molecule has 0 N–H and O–H groups in total. The fourth-order valence-corrected chi connectivity index (χ4v) is 3.81. The van der Waals surface area contributed by atoms with Gasteiger partial charge in [-0.3, -0.25) is 9.69 Å². The van der Waals surface area contributed by atoms with Gasteiger partial charge in [0.15, 0.2) is 4.32 Å². The van der Waals surface area contributed by atoms with E-state index in [1.807, 2.05) is 31.2 Å². The Morgan fingerprint density at radius 2 is 1.92 bits per heavy atom. The van der Waals surface area contributed by atoms with Crippen LogP contribution >= 0.6 is 35.6 Å². The van der Waals surface area contributed by atoms with E-state index < -0.39 is 0 Å². The maximum absolute atomic E-state index is 12.8. The Bertz CT molecular complexity index is 847. The number of carbonyl (C=O) groups excluding carboxylic acids is 1. The molecule has 1 heterocycles. The lowest BCUT2D eigenvalue weighted by Gasteiger charge is -2.14. The number of halogens is 1. The molecule has 0 spiro atoms. The summed E-state index contributed by atoms with van der Waals surface area (Å²) in [6.45, 7) is 2.00. The highest BCUT2D eigenvalue weighted by Crippen LogP contribution is 2.37. The largest absolute Gasteiger partial charge is 0.496 e. The minimum atomic E-state index is -0.143. The van der Waals surface area contributed by atoms with Crippen LogP contribution < -0.4 is 9.64 Å². The number of carbonyl (C=O) groups is 1. The highest BCUT2D eigenvalue weighted by atomic mass is 35.5. The molecule has 0 aliphatic carbocycles. The summed E-state index contributed by atoms with van der Waals surface area (Å²) in [6.07, 6.45) is 1.76. The third kappa shape index (κ3) is 3.34. The number of thiocarbonyl (C=S) groups is 1. The number of thioether (sulfide) groups is 1. The zero-order valence-electron chi connectivity index (χ0n) is 13.1. The fraction of sp³-hybridized carbons (Fsp3) is 0.111. The maximum Gasteiger partial charge on any atom is 0.270 e. The summed E-state index contributed by atoms with van der Waals surface area (Å²) in [6, 6.07) is 13.0. The van der Waals surface area contributed by atoms with Crippen LogP contribution in [0.5, 0.6) is 5.75 Å². The van der Waals surface area contributed by atoms with Gasteiger partial charge in [0, 0.05) is 10.6 Å². The first-order chi connectivity index (χ1) is 11.5. The summed E-state index contributed by atoms with van der Waals surface area (Å²) in [5.74, 6) is 0.510. The first-order valence-corrected chi connectivity index (χ1v) is 8.78. The Kier molecular flexibility index (Phi) is 4.94. The highest BCUT2D eigenvalue weighted by Gasteiger charge is 2.33. The number of rotatable bonds is 3. The van der Waals surface area contributed by atoms with Gasteiger partial charge in [0.05, 0.1) is 17.7 Å². The normalized spacial score (nSPS) is 16.1. The average molecular weight is 376 g/mol. The Hall–Kier alpha value is -1.82. The second-order valence-electron chi connectivity index (χ2n) is 5.24. The number of benzene rings is 2. The first-order valence-electron chi connectivity index (χ1n) is 7.18. The molecule has 0 atom stereocenters. The molecule has 2 aromatic rings. The van der Waals surface area contributed by atoms with Crippen LogP contribution in [0.25, 0.3) is 6.08 Å². The van der Waals surface area contributed by atoms with Gasteiger partial charge >= 0.3 is 0 Å². The quantitative estimate of drug-likeness (QED) is 0.553. The standard InChI is InChI=1S/C18H14ClNO2S2/c1-11-3-6-14(7-4-11)20-17(21)16(24-18(20)23)10-12-9-13(19)5-8-15(12)22-2/h3-10H,1-2H3/b16-10-. The second-order valence-corrected chi connectivity index (χ2v) is 7.35. The summed E-state index contributed by atoms with van der Waals surface area (Å²) < 4.78 is 5.84. The SMILES string of the molecule is COc1ccc(Cl)cc1/C=C1\SC(=S)N(c2ccc(C)cc2)C1=O. The third-order valence-electron chi connectivity index (χ3n) is 3.56. The summed E-state index contributed by atoms with van der Waals surface area (Å²) in [4.78, 5) is 14.9. The van der Waals surface area contributed by atoms with Gasteiger partial charge in [0.1, 0.15) is 5.75 Å². The first kappa shape index (κ1) is 17.0. The zero-order valence-corrected chi connectivity index (χ0v) is 15.5. The van der Waals surface area contributed by atoms with Gasteiger partial charge in [0.25, 0.3) is 5.91 Å². The van der Waals surface area contributed by atoms with Crippen LogP contribution in [0.1, 0.15) is 11.1 Å². The molecule has 0 bridgehead atoms. The summed E-state index contributed by atoms with van der Waals surface area (Å²) in [5, 5.41) is 0.580. The van der Waals surface area contributed by atoms with E-state index in [1.165, 1.54) is 11.8 Å². The third-order valence-corrected chi connectivity index (χ3v) is 5.10. The topological polar surface area (TPSA) is 29.5 Å². The molecule has 2 aromatic carbocycles. The molecule has 1 saturated heterocycles. The van der Waals surface area contributed by atoms with E-state index in [-0.39, 0.29) is 5.91 Å². The molecular formula is C18H14ClNO2S2. The van der Waals surface area contributed by atoms with Crippen LogP contribution in [0, 0.1) is 6.92 Å². The van der Waals surface area contributed by atoms with Gasteiger partial charge in [0.2, 0.25) is 0 Å². The van der Waals surface area contributed by atoms with Gasteiger partial charge < -0.3 is 4.74 Å². The molecule has 1 fully saturated rings. The van der Waals surface area contributed by atoms with Gasteiger partial charge in [-0.25, -0.2) is 0 Å². The molecule has 0 unspecified atom stereocenters. The van der Waals surface area contributed by atoms with E-state index >= 15 is 0 Å². The predicted molar refractivity (Wildman–Crippen MR) is 105 cm³/mol. The highest BCUT2D eigenvalue weighted by molar-refractivity contribution is 8.27. The van der Waals surface area contributed by atoms with Crippen LogP contribution in [0.2, 0.25) is 5.02 Å². The summed E-state index contributed by atoms with van der Waals surface area (Å²) >= 11 is 12.7. The van der Waals surface area contributed by atoms with Crippen molar-refractivity contribution < 1.29 is 9.53 Å². The van der Waals surface area contributed by atoms with Gasteiger partial charge in [-0.1, -0.05) is 53.3 Å². The number of hydrogen-bond donors (Lipinski definition) is 0. The van der Waals surface area contributed by atoms with Crippen LogP contribution in [-0.2, 0) is 4.79 Å². The number of hydrogen-bond acceptors (Lipinski definition) is 4. The Morgan fingerprint density at radius 3 is 2.58 bits per heavy atom. The maximum atomic E-state index is 12.8. The Balaban J connectivity index is 1.97. The van der Waals surface area contributed by atoms with Gasteiger partial charge in [-0.2, -0.15) is 0 Å². The molecule has 0 saturated carbocycles. The molecule has 24 heavy (non-hydrogen) atoms. The van der Waals surface area contributed by atoms with Gasteiger partial charge in [-0.05, 0) is 43.3 Å². The summed E-state index contributed by atoms with van der Waals surface area (Å²) in [7, 11) is 1.58. The van der Waals surface area contributed by atoms with Gasteiger partial charge in [-0.15, -0.1) is 0 Å². The van der Waals surface area contributed by atoms with Crippen LogP contribution in [-0.4, -0.2) is 17.3 Å². The monoisotopic (exact) mass is 375 g/mol. The van der Waals surface area contributed by atoms with E-state index in [2.05, 4.69) is 0 Å². The molecule has 3 nitrogen and oxygen atoms in total. The molecule has 0 aromatic heterocycles. The molecule has 0 radical (unpaired) electrons. The van der Waals surface area contributed by atoms with Crippen molar-refractivity contribution in [2.24, 2.45) is 0 Å². The number of ether oxygens (including phenoxy) is 1. The van der Waals surface area contributed by atoms with Crippen LogP contribution in [0.4, 0.5) is 5.69 Å². The van der Waals surface area contributed by atoms with Crippen LogP contribution in [0.3, 0.4) is 0 Å². The van der Waals surface area contributed by atoms with Crippen LogP contribution in [0.15, 0.2) is 47.4 Å². The summed E-state index contributed by atoms with van der Waals surface area (Å²) in [5.41, 5.74) is 2.64. The van der Waals surface area contributed by atoms with Crippen molar-refractivity contribution >= 4 is 57.6 Å². The number of methoxy groups -OCH3 is 1. The van der Waals surface area contributed by atoms with Crippen molar-refractivity contribution in [3.8, 4) is 5.75 Å². The molecule has 122 valence electrons. The van der Waals surface area contributed by atoms with Crippen molar-refractivity contribution in [3.63, 3.8) is 0 Å². The minimum Gasteiger partial charge on any atom is -0.496 e. The fourth-order valence-electron chi connectivity index (χ4n) is 2.34. The van der Waals surface area contributed by atoms with Crippen molar-refractivity contribution in [3.05, 3.63) is 63.5 Å². The van der Waals surface area contributed by atoms with E-state index in [1.54, 1.807) is 36.3 Å². The molecule has 6 heteroatoms. The van der Waals surface area contributed by atoms with E-state index in [4.69, 9.17) is 28.6 Å². The number of anilines is 1. The lowest BCUT2D eigenvalue weighted by molar-refractivity contribution is -0.113. The second kappa shape index (κ2) is 6.97. The molecule has 1 aliphatic heterocycles. The smallest absolute Gasteiger partial charge is 0.270 e. The molecule has 1 amide bonds. The van der Waals surface area contributed by atoms with Crippen molar-refractivity contribution in [1.29, 1.82) is 0 Å². The van der Waals surface area contributed by atoms with Crippen molar-refractivity contribution in [2.45, 2.75) is 6.92 Å². The Labute approximate surface area is 155 Å². The lowest BCUT2D eigenvalue weighted by atomic mass is 10.1. The molecule has 1 aliphatic rings. The lowest BCUT2D eigenvalue weighted by Crippen LogP contribution is -2.27. The Morgan fingerprint density at radius 1 is 1.21 bits per heavy atom.